The lowest BCUT2D eigenvalue weighted by Crippen LogP contribution is -2.58. The Hall–Kier alpha value is -3.10. The van der Waals surface area contributed by atoms with Crippen LogP contribution in [0.15, 0.2) is 28.2 Å². The molecule has 0 bridgehead atoms. The Morgan fingerprint density at radius 2 is 1.27 bits per heavy atom. The largest absolute Gasteiger partial charge is 0.369 e. The fourth-order valence-electron chi connectivity index (χ4n) is 5.69. The number of hydrogen-bond acceptors (Lipinski definition) is 7. The molecule has 3 heterocycles. The zero-order valence-electron chi connectivity index (χ0n) is 19.1. The second kappa shape index (κ2) is 8.68. The molecule has 0 radical (unpaired) electrons. The van der Waals surface area contributed by atoms with Gasteiger partial charge in [-0.1, -0.05) is 6.42 Å². The predicted octanol–water partition coefficient (Wildman–Crippen LogP) is 2.27. The first-order valence-corrected chi connectivity index (χ1v) is 12.2. The topological polar surface area (TPSA) is 121 Å². The smallest absolute Gasteiger partial charge is 0.253 e. The number of anilines is 1. The first kappa shape index (κ1) is 21.7. The second-order valence-corrected chi connectivity index (χ2v) is 9.59. The highest BCUT2D eigenvalue weighted by molar-refractivity contribution is 6.08. The van der Waals surface area contributed by atoms with Crippen LogP contribution in [0.4, 0.5) is 5.69 Å². The van der Waals surface area contributed by atoms with Crippen molar-refractivity contribution in [3.63, 3.8) is 0 Å². The van der Waals surface area contributed by atoms with Crippen LogP contribution in [-0.4, -0.2) is 65.4 Å². The van der Waals surface area contributed by atoms with Crippen LogP contribution in [0.3, 0.4) is 0 Å². The molecule has 9 heteroatoms. The SMILES string of the molecule is NC1=NC2(CCCCC2)N(c2cc(C(=O)N3CCCC3)cc(C(=O)N3CCCC3)c2)C(N)=N1. The summed E-state index contributed by atoms with van der Waals surface area (Å²) < 4.78 is 0. The van der Waals surface area contributed by atoms with Crippen LogP contribution in [0.2, 0.25) is 0 Å². The molecular weight excluding hydrogens is 418 g/mol. The van der Waals surface area contributed by atoms with E-state index in [4.69, 9.17) is 16.5 Å². The minimum absolute atomic E-state index is 0.0435. The molecule has 1 saturated carbocycles. The molecule has 2 amide bonds. The zero-order valence-corrected chi connectivity index (χ0v) is 19.1. The van der Waals surface area contributed by atoms with Crippen molar-refractivity contribution in [3.05, 3.63) is 29.3 Å². The van der Waals surface area contributed by atoms with Gasteiger partial charge in [-0.05, 0) is 69.6 Å². The van der Waals surface area contributed by atoms with E-state index in [1.54, 1.807) is 6.07 Å². The number of likely N-dealkylation sites (tertiary alicyclic amines) is 2. The molecule has 0 unspecified atom stereocenters. The summed E-state index contributed by atoms with van der Waals surface area (Å²) in [4.78, 5) is 41.3. The van der Waals surface area contributed by atoms with Gasteiger partial charge in [0.15, 0.2) is 0 Å². The van der Waals surface area contributed by atoms with Crippen molar-refractivity contribution >= 4 is 29.4 Å². The van der Waals surface area contributed by atoms with Crippen LogP contribution in [-0.2, 0) is 0 Å². The number of nitrogens with zero attached hydrogens (tertiary/aromatic N) is 5. The standard InChI is InChI=1S/C24H33N7O2/c25-22-27-23(26)31(24(28-22)8-2-1-3-9-24)19-15-17(20(32)29-10-4-5-11-29)14-18(16-19)21(33)30-12-6-7-13-30/h14-16H,1-13H2,(H4,25,26,27,28). The van der Waals surface area contributed by atoms with Crippen molar-refractivity contribution in [3.8, 4) is 0 Å². The van der Waals surface area contributed by atoms with E-state index in [9.17, 15) is 9.59 Å². The molecule has 1 aromatic carbocycles. The third kappa shape index (κ3) is 4.05. The Morgan fingerprint density at radius 3 is 1.79 bits per heavy atom. The summed E-state index contributed by atoms with van der Waals surface area (Å²) in [5, 5.41) is 0. The number of amides is 2. The Labute approximate surface area is 194 Å². The number of carbonyl (C=O) groups is 2. The summed E-state index contributed by atoms with van der Waals surface area (Å²) >= 11 is 0. The minimum Gasteiger partial charge on any atom is -0.369 e. The average molecular weight is 452 g/mol. The third-order valence-electron chi connectivity index (χ3n) is 7.31. The molecule has 1 aliphatic carbocycles. The highest BCUT2D eigenvalue weighted by Gasteiger charge is 2.43. The molecule has 4 aliphatic rings. The molecule has 176 valence electrons. The highest BCUT2D eigenvalue weighted by Crippen LogP contribution is 2.40. The Balaban J connectivity index is 1.59. The first-order valence-electron chi connectivity index (χ1n) is 12.2. The van der Waals surface area contributed by atoms with E-state index in [1.165, 1.54) is 0 Å². The lowest BCUT2D eigenvalue weighted by Gasteiger charge is -2.45. The lowest BCUT2D eigenvalue weighted by molar-refractivity contribution is 0.0791. The summed E-state index contributed by atoms with van der Waals surface area (Å²) in [6.45, 7) is 2.99. The molecule has 2 saturated heterocycles. The van der Waals surface area contributed by atoms with Gasteiger partial charge in [0.1, 0.15) is 5.66 Å². The summed E-state index contributed by atoms with van der Waals surface area (Å²) in [5.74, 6) is 0.356. The van der Waals surface area contributed by atoms with E-state index in [2.05, 4.69) is 4.99 Å². The quantitative estimate of drug-likeness (QED) is 0.730. The van der Waals surface area contributed by atoms with Crippen LogP contribution in [0.5, 0.6) is 0 Å². The summed E-state index contributed by atoms with van der Waals surface area (Å²) in [5.41, 5.74) is 13.5. The van der Waals surface area contributed by atoms with Gasteiger partial charge < -0.3 is 21.3 Å². The van der Waals surface area contributed by atoms with Gasteiger partial charge in [-0.2, -0.15) is 4.99 Å². The van der Waals surface area contributed by atoms with Crippen LogP contribution < -0.4 is 16.4 Å². The Morgan fingerprint density at radius 1 is 0.758 bits per heavy atom. The summed E-state index contributed by atoms with van der Waals surface area (Å²) in [7, 11) is 0. The van der Waals surface area contributed by atoms with Crippen molar-refractivity contribution in [1.82, 2.24) is 9.80 Å². The molecule has 3 aliphatic heterocycles. The van der Waals surface area contributed by atoms with Gasteiger partial charge in [0, 0.05) is 43.0 Å². The summed E-state index contributed by atoms with van der Waals surface area (Å²) in [6.07, 6.45) is 8.77. The van der Waals surface area contributed by atoms with Gasteiger partial charge in [-0.15, -0.1) is 0 Å². The molecule has 0 aromatic heterocycles. The van der Waals surface area contributed by atoms with Crippen molar-refractivity contribution in [2.75, 3.05) is 31.1 Å². The molecule has 4 N–H and O–H groups in total. The number of hydrogen-bond donors (Lipinski definition) is 2. The predicted molar refractivity (Wildman–Crippen MR) is 128 cm³/mol. The van der Waals surface area contributed by atoms with E-state index in [0.29, 0.717) is 16.8 Å². The van der Waals surface area contributed by atoms with Gasteiger partial charge in [0.2, 0.25) is 11.9 Å². The van der Waals surface area contributed by atoms with Gasteiger partial charge >= 0.3 is 0 Å². The van der Waals surface area contributed by atoms with Crippen LogP contribution in [0, 0.1) is 0 Å². The number of nitrogens with two attached hydrogens (primary N) is 2. The minimum atomic E-state index is -0.628. The van der Waals surface area contributed by atoms with E-state index >= 15 is 0 Å². The average Bonchev–Trinajstić information content (AvgIpc) is 3.52. The molecule has 0 atom stereocenters. The van der Waals surface area contributed by atoms with Crippen LogP contribution in [0.1, 0.15) is 78.5 Å². The maximum Gasteiger partial charge on any atom is 0.253 e. The fraction of sp³-hybridized carbons (Fsp3) is 0.583. The van der Waals surface area contributed by atoms with Gasteiger partial charge in [-0.3, -0.25) is 14.5 Å². The first-order chi connectivity index (χ1) is 16.0. The normalized spacial score (nSPS) is 22.5. The Kier molecular flexibility index (Phi) is 5.72. The molecule has 3 fully saturated rings. The third-order valence-corrected chi connectivity index (χ3v) is 7.31. The molecule has 5 rings (SSSR count). The number of guanidine groups is 2. The zero-order chi connectivity index (χ0) is 23.0. The highest BCUT2D eigenvalue weighted by atomic mass is 16.2. The maximum atomic E-state index is 13.4. The van der Waals surface area contributed by atoms with Gasteiger partial charge in [-0.25, -0.2) is 4.99 Å². The molecule has 1 spiro atoms. The van der Waals surface area contributed by atoms with Crippen molar-refractivity contribution in [2.24, 2.45) is 21.5 Å². The Bertz CT molecular complexity index is 954. The lowest BCUT2D eigenvalue weighted by atomic mass is 9.87. The fourth-order valence-corrected chi connectivity index (χ4v) is 5.69. The van der Waals surface area contributed by atoms with E-state index in [1.807, 2.05) is 26.8 Å². The molecular formula is C24H33N7O2. The van der Waals surface area contributed by atoms with Gasteiger partial charge in [0.25, 0.3) is 11.8 Å². The maximum absolute atomic E-state index is 13.4. The second-order valence-electron chi connectivity index (χ2n) is 9.59. The van der Waals surface area contributed by atoms with Crippen molar-refractivity contribution < 1.29 is 9.59 Å². The number of carbonyl (C=O) groups excluding carboxylic acids is 2. The summed E-state index contributed by atoms with van der Waals surface area (Å²) in [6, 6.07) is 5.43. The van der Waals surface area contributed by atoms with E-state index in [-0.39, 0.29) is 23.7 Å². The van der Waals surface area contributed by atoms with Crippen LogP contribution in [0.25, 0.3) is 0 Å². The van der Waals surface area contributed by atoms with Crippen molar-refractivity contribution in [2.45, 2.75) is 63.5 Å². The number of benzene rings is 1. The monoisotopic (exact) mass is 451 g/mol. The number of rotatable bonds is 3. The molecule has 1 aromatic rings. The molecule has 33 heavy (non-hydrogen) atoms. The number of aliphatic imine (C=N–C) groups is 2. The molecule has 9 nitrogen and oxygen atoms in total. The van der Waals surface area contributed by atoms with Crippen LogP contribution >= 0.6 is 0 Å². The van der Waals surface area contributed by atoms with Gasteiger partial charge in [0.05, 0.1) is 0 Å². The van der Waals surface area contributed by atoms with E-state index < -0.39 is 5.66 Å². The van der Waals surface area contributed by atoms with E-state index in [0.717, 1.165) is 84.0 Å². The van der Waals surface area contributed by atoms with Crippen molar-refractivity contribution in [1.29, 1.82) is 0 Å².